The minimum Gasteiger partial charge on any atom is -0.332 e. The second-order valence-electron chi connectivity index (χ2n) is 21.4. The normalized spacial score (nSPS) is 14.7. The molecule has 3 aromatic carbocycles. The number of pyridine rings is 1. The van der Waals surface area contributed by atoms with Crippen LogP contribution in [0.15, 0.2) is 73.3 Å². The van der Waals surface area contributed by atoms with Crippen LogP contribution in [0.1, 0.15) is 158 Å². The van der Waals surface area contributed by atoms with Gasteiger partial charge in [0.15, 0.2) is 0 Å². The van der Waals surface area contributed by atoms with Crippen LogP contribution in [0.3, 0.4) is 0 Å². The number of imidazole rings is 1. The number of rotatable bonds is 0. The highest BCUT2D eigenvalue weighted by Gasteiger charge is 2.31. The van der Waals surface area contributed by atoms with Crippen molar-refractivity contribution in [2.24, 2.45) is 0 Å². The van der Waals surface area contributed by atoms with Crippen LogP contribution in [0.4, 0.5) is 0 Å². The molecule has 4 heteroatoms. The van der Waals surface area contributed by atoms with Crippen molar-refractivity contribution >= 4 is 21.5 Å². The van der Waals surface area contributed by atoms with E-state index in [1.165, 1.54) is 55.2 Å². The highest BCUT2D eigenvalue weighted by atomic mass is 15.3. The third-order valence-corrected chi connectivity index (χ3v) is 10.5. The van der Waals surface area contributed by atoms with Crippen molar-refractivity contribution in [2.45, 2.75) is 170 Å². The van der Waals surface area contributed by atoms with E-state index in [9.17, 15) is 0 Å². The molecule has 3 heterocycles. The SMILES string of the molecule is CC(C)(C)c1ccc2cccc(C(C)(C)C)c2c1.CC(C)(C)c1ccc2cncc(C(C)(C)C)c2c1.CC(C)(C)c1ncn2c1CN(C(C)(C)C)CC2. The standard InChI is InChI=1S/C18H24.C17H23N.C14H25N3/c1-17(2,3)14-11-10-13-8-7-9-16(15(13)12-14)18(4,5)6;1-16(2,3)13-8-7-12-10-18-11-15(14(12)9-13)17(4,5)6;1-13(2,3)12-11-9-17(14(4,5)6)8-7-16(11)10-15-12/h7-12H,1-6H3;7-11H,1-6H3;10H,7-9H2,1-6H3. The van der Waals surface area contributed by atoms with Gasteiger partial charge in [0.1, 0.15) is 0 Å². The molecule has 0 saturated heterocycles. The first-order chi connectivity index (χ1) is 24.1. The minimum atomic E-state index is 0.128. The summed E-state index contributed by atoms with van der Waals surface area (Å²) < 4.78 is 2.32. The second-order valence-corrected chi connectivity index (χ2v) is 21.4. The number of benzene rings is 3. The van der Waals surface area contributed by atoms with E-state index in [4.69, 9.17) is 0 Å². The summed E-state index contributed by atoms with van der Waals surface area (Å²) in [4.78, 5) is 11.5. The van der Waals surface area contributed by atoms with E-state index in [2.05, 4.69) is 199 Å². The van der Waals surface area contributed by atoms with E-state index in [-0.39, 0.29) is 32.6 Å². The first kappa shape index (κ1) is 42.2. The van der Waals surface area contributed by atoms with Crippen LogP contribution in [0.2, 0.25) is 0 Å². The van der Waals surface area contributed by atoms with Gasteiger partial charge in [0.25, 0.3) is 0 Å². The van der Waals surface area contributed by atoms with Gasteiger partial charge < -0.3 is 4.57 Å². The van der Waals surface area contributed by atoms with Gasteiger partial charge >= 0.3 is 0 Å². The lowest BCUT2D eigenvalue weighted by atomic mass is 9.80. The maximum absolute atomic E-state index is 4.62. The van der Waals surface area contributed by atoms with E-state index < -0.39 is 0 Å². The topological polar surface area (TPSA) is 34.0 Å². The predicted molar refractivity (Wildman–Crippen MR) is 232 cm³/mol. The highest BCUT2D eigenvalue weighted by molar-refractivity contribution is 5.88. The Balaban J connectivity index is 0.000000178. The Morgan fingerprint density at radius 3 is 1.53 bits per heavy atom. The molecule has 0 fully saturated rings. The van der Waals surface area contributed by atoms with Crippen molar-refractivity contribution in [3.05, 3.63) is 107 Å². The average molecular weight is 717 g/mol. The van der Waals surface area contributed by atoms with Crippen molar-refractivity contribution in [3.63, 3.8) is 0 Å². The molecule has 0 bridgehead atoms. The summed E-state index contributed by atoms with van der Waals surface area (Å²) in [6, 6.07) is 20.3. The van der Waals surface area contributed by atoms with E-state index in [1.807, 2.05) is 18.7 Å². The molecule has 0 amide bonds. The molecule has 0 atom stereocenters. The van der Waals surface area contributed by atoms with Gasteiger partial charge in [-0.25, -0.2) is 4.98 Å². The summed E-state index contributed by atoms with van der Waals surface area (Å²) >= 11 is 0. The Labute approximate surface area is 323 Å². The third-order valence-electron chi connectivity index (χ3n) is 10.5. The van der Waals surface area contributed by atoms with Gasteiger partial charge in [-0.2, -0.15) is 0 Å². The van der Waals surface area contributed by atoms with Crippen molar-refractivity contribution in [2.75, 3.05) is 6.54 Å². The van der Waals surface area contributed by atoms with Gasteiger partial charge in [-0.1, -0.05) is 158 Å². The lowest BCUT2D eigenvalue weighted by Gasteiger charge is -2.39. The van der Waals surface area contributed by atoms with Crippen LogP contribution in [-0.2, 0) is 40.2 Å². The predicted octanol–water partition coefficient (Wildman–Crippen LogP) is 13.1. The molecule has 288 valence electrons. The van der Waals surface area contributed by atoms with Gasteiger partial charge in [-0.05, 0) is 80.8 Å². The summed E-state index contributed by atoms with van der Waals surface area (Å²) in [5.74, 6) is 0. The van der Waals surface area contributed by atoms with Gasteiger partial charge in [0.05, 0.1) is 17.7 Å². The van der Waals surface area contributed by atoms with Gasteiger partial charge in [-0.3, -0.25) is 9.88 Å². The lowest BCUT2D eigenvalue weighted by Crippen LogP contribution is -2.46. The third kappa shape index (κ3) is 10.4. The number of aromatic nitrogens is 3. The maximum Gasteiger partial charge on any atom is 0.0952 e. The van der Waals surface area contributed by atoms with Crippen molar-refractivity contribution in [1.82, 2.24) is 19.4 Å². The molecule has 2 aromatic heterocycles. The molecular formula is C49H72N4. The number of hydrogen-bond donors (Lipinski definition) is 0. The fourth-order valence-electron chi connectivity index (χ4n) is 7.07. The molecule has 0 saturated carbocycles. The summed E-state index contributed by atoms with van der Waals surface area (Å²) in [5.41, 5.74) is 9.30. The molecule has 0 radical (unpaired) electrons. The summed E-state index contributed by atoms with van der Waals surface area (Å²) in [5, 5.41) is 5.31. The van der Waals surface area contributed by atoms with E-state index >= 15 is 0 Å². The Hall–Kier alpha value is -3.50. The molecular weight excluding hydrogens is 645 g/mol. The fourth-order valence-corrected chi connectivity index (χ4v) is 7.07. The molecule has 1 aliphatic heterocycles. The summed E-state index contributed by atoms with van der Waals surface area (Å²) in [6.45, 7) is 44.0. The first-order valence-electron chi connectivity index (χ1n) is 19.8. The van der Waals surface area contributed by atoms with Gasteiger partial charge in [0.2, 0.25) is 0 Å². The van der Waals surface area contributed by atoms with E-state index in [0.717, 1.165) is 19.6 Å². The quantitative estimate of drug-likeness (QED) is 0.160. The zero-order chi connectivity index (χ0) is 39.9. The Morgan fingerprint density at radius 1 is 0.509 bits per heavy atom. The number of nitrogens with zero attached hydrogens (tertiary/aromatic N) is 4. The molecule has 0 N–H and O–H groups in total. The maximum atomic E-state index is 4.62. The van der Waals surface area contributed by atoms with Crippen molar-refractivity contribution in [3.8, 4) is 0 Å². The van der Waals surface area contributed by atoms with E-state index in [0.29, 0.717) is 0 Å². The van der Waals surface area contributed by atoms with E-state index in [1.54, 1.807) is 0 Å². The molecule has 0 spiro atoms. The van der Waals surface area contributed by atoms with Crippen LogP contribution in [0.25, 0.3) is 21.5 Å². The lowest BCUT2D eigenvalue weighted by molar-refractivity contribution is 0.102. The number of fused-ring (bicyclic) bond motifs is 3. The molecule has 53 heavy (non-hydrogen) atoms. The first-order valence-corrected chi connectivity index (χ1v) is 19.8. The van der Waals surface area contributed by atoms with Gasteiger partial charge in [0, 0.05) is 48.4 Å². The second kappa shape index (κ2) is 15.0. The Morgan fingerprint density at radius 2 is 1.04 bits per heavy atom. The molecule has 6 rings (SSSR count). The zero-order valence-corrected chi connectivity index (χ0v) is 36.8. The summed E-state index contributed by atoms with van der Waals surface area (Å²) in [6.07, 6.45) is 5.97. The monoisotopic (exact) mass is 717 g/mol. The van der Waals surface area contributed by atoms with Crippen LogP contribution in [0, 0.1) is 0 Å². The van der Waals surface area contributed by atoms with Crippen LogP contribution in [-0.4, -0.2) is 31.5 Å². The van der Waals surface area contributed by atoms with Crippen LogP contribution >= 0.6 is 0 Å². The molecule has 5 aromatic rings. The van der Waals surface area contributed by atoms with Crippen molar-refractivity contribution < 1.29 is 0 Å². The molecule has 4 nitrogen and oxygen atoms in total. The largest absolute Gasteiger partial charge is 0.332 e. The fraction of sp³-hybridized carbons (Fsp3) is 0.551. The molecule has 0 aliphatic carbocycles. The highest BCUT2D eigenvalue weighted by Crippen LogP contribution is 2.35. The average Bonchev–Trinajstić information content (AvgIpc) is 3.47. The Kier molecular flexibility index (Phi) is 11.9. The molecule has 0 unspecified atom stereocenters. The van der Waals surface area contributed by atoms with Gasteiger partial charge in [-0.15, -0.1) is 0 Å². The molecule has 1 aliphatic rings. The smallest absolute Gasteiger partial charge is 0.0952 e. The van der Waals surface area contributed by atoms with Crippen LogP contribution in [0.5, 0.6) is 0 Å². The summed E-state index contributed by atoms with van der Waals surface area (Å²) in [7, 11) is 0. The van der Waals surface area contributed by atoms with Crippen molar-refractivity contribution in [1.29, 1.82) is 0 Å². The zero-order valence-electron chi connectivity index (χ0n) is 36.8. The van der Waals surface area contributed by atoms with Crippen LogP contribution < -0.4 is 0 Å². The Bertz CT molecular complexity index is 1890. The number of hydrogen-bond acceptors (Lipinski definition) is 3. The minimum absolute atomic E-state index is 0.128.